The van der Waals surface area contributed by atoms with Crippen molar-refractivity contribution >= 4 is 23.9 Å². The standard InChI is InChI=1S/C24H37N5O9/c1-18(2)38-24(36)19-4-3-5-29(37)20(19)14-25-6-8-26(15-21(30)31)10-12-28(17-23(34)35)13-11-27(9-7-25)16-22(32)33/h3-5,18H,6-17H2,1-2H3,(H,30,31)(H,32,33)(H,34,35). The Balaban J connectivity index is 2.31. The molecule has 0 unspecified atom stereocenters. The molecule has 0 aromatic carbocycles. The Kier molecular flexibility index (Phi) is 12.3. The minimum Gasteiger partial charge on any atom is -0.618 e. The lowest BCUT2D eigenvalue weighted by Crippen LogP contribution is -2.49. The van der Waals surface area contributed by atoms with Crippen LogP contribution < -0.4 is 4.73 Å². The van der Waals surface area contributed by atoms with Crippen LogP contribution >= 0.6 is 0 Å². The van der Waals surface area contributed by atoms with E-state index in [0.717, 1.165) is 0 Å². The summed E-state index contributed by atoms with van der Waals surface area (Å²) in [7, 11) is 0. The Morgan fingerprint density at radius 2 is 1.21 bits per heavy atom. The van der Waals surface area contributed by atoms with Crippen LogP contribution in [-0.2, 0) is 25.7 Å². The van der Waals surface area contributed by atoms with Gasteiger partial charge in [0.25, 0.3) is 0 Å². The van der Waals surface area contributed by atoms with Crippen molar-refractivity contribution in [1.29, 1.82) is 0 Å². The lowest BCUT2D eigenvalue weighted by atomic mass is 10.1. The maximum atomic E-state index is 12.7. The molecule has 0 atom stereocenters. The Morgan fingerprint density at radius 3 is 1.58 bits per heavy atom. The van der Waals surface area contributed by atoms with E-state index in [4.69, 9.17) is 4.74 Å². The summed E-state index contributed by atoms with van der Waals surface area (Å²) in [6.07, 6.45) is 0.898. The number of hydrogen-bond donors (Lipinski definition) is 3. The van der Waals surface area contributed by atoms with Gasteiger partial charge in [0.1, 0.15) is 5.56 Å². The van der Waals surface area contributed by atoms with Gasteiger partial charge in [0.05, 0.1) is 32.3 Å². The molecule has 0 amide bonds. The number of aromatic nitrogens is 1. The van der Waals surface area contributed by atoms with E-state index in [-0.39, 0.29) is 69.7 Å². The van der Waals surface area contributed by atoms with E-state index in [1.807, 2.05) is 4.90 Å². The first kappa shape index (κ1) is 30.9. The average molecular weight is 540 g/mol. The maximum Gasteiger partial charge on any atom is 0.344 e. The summed E-state index contributed by atoms with van der Waals surface area (Å²) in [5.74, 6) is -3.72. The highest BCUT2D eigenvalue weighted by atomic mass is 16.5. The molecule has 0 saturated carbocycles. The summed E-state index contributed by atoms with van der Waals surface area (Å²) in [5.41, 5.74) is 0.295. The lowest BCUT2D eigenvalue weighted by Gasteiger charge is -2.32. The van der Waals surface area contributed by atoms with Crippen LogP contribution in [0, 0.1) is 5.21 Å². The highest BCUT2D eigenvalue weighted by Crippen LogP contribution is 2.12. The summed E-state index contributed by atoms with van der Waals surface area (Å²) in [6, 6.07) is 2.96. The molecule has 0 bridgehead atoms. The first-order valence-corrected chi connectivity index (χ1v) is 12.4. The van der Waals surface area contributed by atoms with E-state index in [0.29, 0.717) is 30.9 Å². The van der Waals surface area contributed by atoms with Crippen molar-refractivity contribution in [3.63, 3.8) is 0 Å². The second-order valence-corrected chi connectivity index (χ2v) is 9.43. The summed E-state index contributed by atoms with van der Waals surface area (Å²) in [5, 5.41) is 40.7. The number of aliphatic carboxylic acids is 3. The number of hydrogen-bond acceptors (Lipinski definition) is 10. The monoisotopic (exact) mass is 539 g/mol. The Hall–Kier alpha value is -3.33. The summed E-state index contributed by atoms with van der Waals surface area (Å²) >= 11 is 0. The van der Waals surface area contributed by atoms with Crippen LogP contribution in [0.2, 0.25) is 0 Å². The third-order valence-corrected chi connectivity index (χ3v) is 6.00. The van der Waals surface area contributed by atoms with Gasteiger partial charge in [-0.3, -0.25) is 34.0 Å². The number of esters is 1. The van der Waals surface area contributed by atoms with Gasteiger partial charge in [0.15, 0.2) is 6.20 Å². The van der Waals surface area contributed by atoms with Gasteiger partial charge in [0, 0.05) is 58.4 Å². The molecular weight excluding hydrogens is 502 g/mol. The fraction of sp³-hybridized carbons (Fsp3) is 0.625. The van der Waals surface area contributed by atoms with Gasteiger partial charge in [-0.1, -0.05) is 0 Å². The molecule has 0 aliphatic carbocycles. The van der Waals surface area contributed by atoms with Crippen LogP contribution in [0.1, 0.15) is 29.9 Å². The first-order valence-electron chi connectivity index (χ1n) is 12.4. The third-order valence-electron chi connectivity index (χ3n) is 6.00. The molecule has 38 heavy (non-hydrogen) atoms. The predicted octanol–water partition coefficient (Wildman–Crippen LogP) is -1.14. The minimum absolute atomic E-state index is 0.0554. The average Bonchev–Trinajstić information content (AvgIpc) is 2.80. The van der Waals surface area contributed by atoms with E-state index < -0.39 is 23.9 Å². The lowest BCUT2D eigenvalue weighted by molar-refractivity contribution is -0.615. The van der Waals surface area contributed by atoms with Gasteiger partial charge in [-0.15, -0.1) is 0 Å². The van der Waals surface area contributed by atoms with Crippen molar-refractivity contribution in [2.45, 2.75) is 26.5 Å². The summed E-state index contributed by atoms with van der Waals surface area (Å²) in [6.45, 7) is 5.07. The van der Waals surface area contributed by atoms with Crippen molar-refractivity contribution in [3.8, 4) is 0 Å². The maximum absolute atomic E-state index is 12.7. The van der Waals surface area contributed by atoms with Gasteiger partial charge in [0.2, 0.25) is 5.69 Å². The highest BCUT2D eigenvalue weighted by molar-refractivity contribution is 5.90. The zero-order chi connectivity index (χ0) is 28.2. The highest BCUT2D eigenvalue weighted by Gasteiger charge is 2.25. The quantitative estimate of drug-likeness (QED) is 0.185. The van der Waals surface area contributed by atoms with Crippen LogP contribution in [-0.4, -0.2) is 137 Å². The van der Waals surface area contributed by atoms with Crippen LogP contribution in [0.15, 0.2) is 18.3 Å². The fourth-order valence-electron chi connectivity index (χ4n) is 4.14. The zero-order valence-corrected chi connectivity index (χ0v) is 21.8. The Morgan fingerprint density at radius 1 is 0.816 bits per heavy atom. The van der Waals surface area contributed by atoms with Crippen LogP contribution in [0.25, 0.3) is 0 Å². The number of ether oxygens (including phenoxy) is 1. The molecule has 1 fully saturated rings. The second kappa shape index (κ2) is 15.2. The molecule has 0 spiro atoms. The van der Waals surface area contributed by atoms with E-state index in [1.54, 1.807) is 28.5 Å². The van der Waals surface area contributed by atoms with Crippen LogP contribution in [0.5, 0.6) is 0 Å². The van der Waals surface area contributed by atoms with E-state index in [2.05, 4.69) is 0 Å². The summed E-state index contributed by atoms with van der Waals surface area (Å²) < 4.78 is 5.89. The van der Waals surface area contributed by atoms with Gasteiger partial charge in [-0.2, -0.15) is 4.73 Å². The van der Waals surface area contributed by atoms with Gasteiger partial charge in [-0.05, 0) is 19.9 Å². The minimum atomic E-state index is -1.03. The molecule has 1 aliphatic heterocycles. The van der Waals surface area contributed by atoms with E-state index in [9.17, 15) is 39.7 Å². The van der Waals surface area contributed by atoms with Gasteiger partial charge < -0.3 is 25.3 Å². The third kappa shape index (κ3) is 11.0. The fourth-order valence-corrected chi connectivity index (χ4v) is 4.14. The number of nitrogens with zero attached hydrogens (tertiary/aromatic N) is 5. The predicted molar refractivity (Wildman–Crippen MR) is 133 cm³/mol. The molecule has 2 heterocycles. The second-order valence-electron chi connectivity index (χ2n) is 9.43. The number of carbonyl (C=O) groups is 4. The van der Waals surface area contributed by atoms with Crippen molar-refractivity contribution < 1.29 is 44.0 Å². The van der Waals surface area contributed by atoms with E-state index in [1.165, 1.54) is 18.3 Å². The molecule has 3 N–H and O–H groups in total. The number of carboxylic acids is 3. The van der Waals surface area contributed by atoms with Crippen molar-refractivity contribution in [3.05, 3.63) is 34.8 Å². The first-order chi connectivity index (χ1) is 17.9. The molecule has 14 nitrogen and oxygen atoms in total. The zero-order valence-electron chi connectivity index (χ0n) is 21.8. The number of carbonyl (C=O) groups excluding carboxylic acids is 1. The van der Waals surface area contributed by atoms with Crippen LogP contribution in [0.4, 0.5) is 0 Å². The number of carboxylic acid groups (broad SMARTS) is 3. The molecule has 0 radical (unpaired) electrons. The Labute approximate surface area is 221 Å². The number of rotatable bonds is 10. The molecule has 1 aliphatic rings. The summed E-state index contributed by atoms with van der Waals surface area (Å²) in [4.78, 5) is 53.8. The molecule has 212 valence electrons. The largest absolute Gasteiger partial charge is 0.618 e. The molecule has 14 heteroatoms. The van der Waals surface area contributed by atoms with Crippen molar-refractivity contribution in [1.82, 2.24) is 19.6 Å². The van der Waals surface area contributed by atoms with Crippen molar-refractivity contribution in [2.24, 2.45) is 0 Å². The normalized spacial score (nSPS) is 17.4. The smallest absolute Gasteiger partial charge is 0.344 e. The van der Waals surface area contributed by atoms with Gasteiger partial charge in [-0.25, -0.2) is 4.79 Å². The SMILES string of the molecule is CC(C)OC(=O)c1ccc[n+]([O-])c1CN1CCN(CC(=O)O)CCN(CC(=O)O)CCN(CC(=O)O)CC1. The number of pyridine rings is 1. The molecule has 1 aromatic rings. The van der Waals surface area contributed by atoms with Crippen LogP contribution in [0.3, 0.4) is 0 Å². The molecule has 1 aromatic heterocycles. The topological polar surface area (TPSA) is 178 Å². The van der Waals surface area contributed by atoms with Crippen molar-refractivity contribution in [2.75, 3.05) is 72.0 Å². The molecule has 2 rings (SSSR count). The molecular formula is C24H37N5O9. The molecule has 1 saturated heterocycles. The van der Waals surface area contributed by atoms with Gasteiger partial charge >= 0.3 is 23.9 Å². The van der Waals surface area contributed by atoms with E-state index >= 15 is 0 Å². The Bertz CT molecular complexity index is 943.